The van der Waals surface area contributed by atoms with Gasteiger partial charge in [0.2, 0.25) is 0 Å². The van der Waals surface area contributed by atoms with E-state index in [1.807, 2.05) is 42.5 Å². The van der Waals surface area contributed by atoms with Crippen molar-refractivity contribution in [2.24, 2.45) is 11.7 Å². The molecule has 2 aliphatic rings. The SMILES string of the molecule is N#CCC1(n2cc(C(N)=O)c(CC(=O)C3CC3)n2)CCN(Cc2ccc(-c3ccccc3)cc2O)CC1. The molecule has 0 spiro atoms. The van der Waals surface area contributed by atoms with E-state index in [9.17, 15) is 20.0 Å². The van der Waals surface area contributed by atoms with Crippen molar-refractivity contribution < 1.29 is 14.7 Å². The molecule has 1 amide bonds. The van der Waals surface area contributed by atoms with Crippen LogP contribution in [0.5, 0.6) is 5.75 Å². The quantitative estimate of drug-likeness (QED) is 0.463. The number of nitrogens with two attached hydrogens (primary N) is 1. The molecule has 37 heavy (non-hydrogen) atoms. The molecule has 2 aromatic carbocycles. The first-order chi connectivity index (χ1) is 17.9. The largest absolute Gasteiger partial charge is 0.508 e. The lowest BCUT2D eigenvalue weighted by Gasteiger charge is -2.41. The molecule has 2 heterocycles. The van der Waals surface area contributed by atoms with Crippen molar-refractivity contribution in [2.75, 3.05) is 13.1 Å². The van der Waals surface area contributed by atoms with E-state index in [1.165, 1.54) is 0 Å². The summed E-state index contributed by atoms with van der Waals surface area (Å²) in [5.74, 6) is -0.183. The third kappa shape index (κ3) is 5.27. The highest BCUT2D eigenvalue weighted by Crippen LogP contribution is 2.36. The number of hydrogen-bond donors (Lipinski definition) is 2. The minimum absolute atomic E-state index is 0.0698. The van der Waals surface area contributed by atoms with E-state index in [0.29, 0.717) is 38.2 Å². The lowest BCUT2D eigenvalue weighted by Crippen LogP contribution is -2.46. The smallest absolute Gasteiger partial charge is 0.252 e. The summed E-state index contributed by atoms with van der Waals surface area (Å²) in [7, 11) is 0. The Bertz CT molecular complexity index is 1350. The molecule has 2 fully saturated rings. The number of aromatic hydroxyl groups is 1. The number of aromatic nitrogens is 2. The third-order valence-electron chi connectivity index (χ3n) is 7.70. The van der Waals surface area contributed by atoms with E-state index in [1.54, 1.807) is 16.9 Å². The van der Waals surface area contributed by atoms with Crippen LogP contribution in [0, 0.1) is 17.2 Å². The Morgan fingerprint density at radius 3 is 2.46 bits per heavy atom. The molecule has 8 heteroatoms. The molecule has 1 saturated heterocycles. The average molecular weight is 498 g/mol. The number of phenols is 1. The zero-order chi connectivity index (χ0) is 26.0. The molecular formula is C29H31N5O3. The van der Waals surface area contributed by atoms with Crippen molar-refractivity contribution in [1.29, 1.82) is 5.26 Å². The van der Waals surface area contributed by atoms with Gasteiger partial charge in [0, 0.05) is 37.3 Å². The Labute approximate surface area is 216 Å². The molecule has 0 atom stereocenters. The monoisotopic (exact) mass is 497 g/mol. The Balaban J connectivity index is 1.30. The van der Waals surface area contributed by atoms with Gasteiger partial charge in [0.1, 0.15) is 11.5 Å². The summed E-state index contributed by atoms with van der Waals surface area (Å²) in [6.07, 6.45) is 5.06. The summed E-state index contributed by atoms with van der Waals surface area (Å²) in [6, 6.07) is 18.0. The van der Waals surface area contributed by atoms with Crippen LogP contribution in [0.3, 0.4) is 0 Å². The van der Waals surface area contributed by atoms with Gasteiger partial charge in [-0.25, -0.2) is 0 Å². The van der Waals surface area contributed by atoms with Gasteiger partial charge in [0.05, 0.1) is 35.7 Å². The predicted octanol–water partition coefficient (Wildman–Crippen LogP) is 3.78. The second-order valence-electron chi connectivity index (χ2n) is 10.3. The van der Waals surface area contributed by atoms with Gasteiger partial charge < -0.3 is 10.8 Å². The molecule has 190 valence electrons. The molecule has 1 aliphatic heterocycles. The number of amides is 1. The number of primary amides is 1. The van der Waals surface area contributed by atoms with Gasteiger partial charge >= 0.3 is 0 Å². The molecule has 1 aromatic heterocycles. The van der Waals surface area contributed by atoms with Crippen molar-refractivity contribution in [3.63, 3.8) is 0 Å². The first-order valence-corrected chi connectivity index (χ1v) is 12.8. The summed E-state index contributed by atoms with van der Waals surface area (Å²) >= 11 is 0. The lowest BCUT2D eigenvalue weighted by molar-refractivity contribution is -0.119. The van der Waals surface area contributed by atoms with Crippen LogP contribution in [-0.2, 0) is 23.3 Å². The van der Waals surface area contributed by atoms with E-state index in [0.717, 1.165) is 29.5 Å². The van der Waals surface area contributed by atoms with Gasteiger partial charge in [0.25, 0.3) is 5.91 Å². The maximum absolute atomic E-state index is 12.4. The molecule has 0 radical (unpaired) electrons. The number of hydrogen-bond acceptors (Lipinski definition) is 6. The highest BCUT2D eigenvalue weighted by atomic mass is 16.3. The van der Waals surface area contributed by atoms with E-state index in [4.69, 9.17) is 5.73 Å². The van der Waals surface area contributed by atoms with Gasteiger partial charge in [-0.15, -0.1) is 0 Å². The second kappa shape index (κ2) is 10.2. The van der Waals surface area contributed by atoms with E-state index >= 15 is 0 Å². The number of carbonyl (C=O) groups excluding carboxylic acids is 2. The topological polar surface area (TPSA) is 125 Å². The fourth-order valence-electron chi connectivity index (χ4n) is 5.21. The van der Waals surface area contributed by atoms with E-state index < -0.39 is 11.4 Å². The maximum atomic E-state index is 12.4. The van der Waals surface area contributed by atoms with Crippen molar-refractivity contribution in [3.8, 4) is 22.9 Å². The zero-order valence-electron chi connectivity index (χ0n) is 20.8. The minimum atomic E-state index is -0.608. The molecule has 1 saturated carbocycles. The van der Waals surface area contributed by atoms with Crippen LogP contribution in [0.1, 0.15) is 53.7 Å². The standard InChI is InChI=1S/C29H31N5O3/c30-13-10-29(34-19-24(28(31)37)25(32-34)17-27(36)21-6-7-21)11-14-33(15-12-29)18-23-9-8-22(16-26(23)35)20-4-2-1-3-5-20/h1-5,8-9,16,19,21,35H,6-7,10-12,14-15,17-18H2,(H2,31,37). The molecule has 5 rings (SSSR count). The number of rotatable bonds is 9. The molecule has 0 bridgehead atoms. The molecule has 8 nitrogen and oxygen atoms in total. The summed E-state index contributed by atoms with van der Waals surface area (Å²) in [6.45, 7) is 1.99. The zero-order valence-corrected chi connectivity index (χ0v) is 20.8. The first kappa shape index (κ1) is 24.7. The maximum Gasteiger partial charge on any atom is 0.252 e. The van der Waals surface area contributed by atoms with Gasteiger partial charge in [-0.2, -0.15) is 10.4 Å². The van der Waals surface area contributed by atoms with Crippen molar-refractivity contribution >= 4 is 11.7 Å². The number of benzene rings is 2. The Morgan fingerprint density at radius 2 is 1.84 bits per heavy atom. The fourth-order valence-corrected chi connectivity index (χ4v) is 5.21. The number of carbonyl (C=O) groups is 2. The molecule has 0 unspecified atom stereocenters. The third-order valence-corrected chi connectivity index (χ3v) is 7.70. The lowest BCUT2D eigenvalue weighted by atomic mass is 9.84. The molecule has 3 aromatic rings. The Hall–Kier alpha value is -3.96. The Morgan fingerprint density at radius 1 is 1.11 bits per heavy atom. The minimum Gasteiger partial charge on any atom is -0.508 e. The van der Waals surface area contributed by atoms with Crippen molar-refractivity contribution in [3.05, 3.63) is 71.5 Å². The highest BCUT2D eigenvalue weighted by molar-refractivity contribution is 5.95. The summed E-state index contributed by atoms with van der Waals surface area (Å²) in [4.78, 5) is 26.8. The number of Topliss-reactive ketones (excluding diaryl/α,β-unsaturated/α-hetero) is 1. The van der Waals surface area contributed by atoms with Crippen LogP contribution in [0.2, 0.25) is 0 Å². The van der Waals surface area contributed by atoms with Crippen molar-refractivity contribution in [2.45, 2.75) is 50.6 Å². The van der Waals surface area contributed by atoms with Gasteiger partial charge in [0.15, 0.2) is 0 Å². The number of phenolic OH excluding ortho intramolecular Hbond substituents is 1. The van der Waals surface area contributed by atoms with E-state index in [-0.39, 0.29) is 35.9 Å². The summed E-state index contributed by atoms with van der Waals surface area (Å²) < 4.78 is 1.72. The van der Waals surface area contributed by atoms with Crippen molar-refractivity contribution in [1.82, 2.24) is 14.7 Å². The molecule has 1 aliphatic carbocycles. The summed E-state index contributed by atoms with van der Waals surface area (Å²) in [5.41, 5.74) is 8.58. The van der Waals surface area contributed by atoms with Gasteiger partial charge in [-0.05, 0) is 42.9 Å². The van der Waals surface area contributed by atoms with Crippen LogP contribution in [-0.4, -0.2) is 44.6 Å². The second-order valence-corrected chi connectivity index (χ2v) is 10.3. The Kier molecular flexibility index (Phi) is 6.81. The first-order valence-electron chi connectivity index (χ1n) is 12.8. The molecular weight excluding hydrogens is 466 g/mol. The van der Waals surface area contributed by atoms with Crippen LogP contribution in [0.4, 0.5) is 0 Å². The predicted molar refractivity (Wildman–Crippen MR) is 138 cm³/mol. The fraction of sp³-hybridized carbons (Fsp3) is 0.379. The summed E-state index contributed by atoms with van der Waals surface area (Å²) in [5, 5.41) is 25.0. The average Bonchev–Trinajstić information content (AvgIpc) is 3.67. The number of piperidine rings is 1. The normalized spacial score (nSPS) is 17.3. The van der Waals surface area contributed by atoms with E-state index in [2.05, 4.69) is 16.1 Å². The number of ketones is 1. The number of nitriles is 1. The van der Waals surface area contributed by atoms with Gasteiger partial charge in [-0.3, -0.25) is 19.2 Å². The molecule has 3 N–H and O–H groups in total. The van der Waals surface area contributed by atoms with Crippen LogP contribution < -0.4 is 5.73 Å². The number of nitrogens with zero attached hydrogens (tertiary/aromatic N) is 4. The van der Waals surface area contributed by atoms with Crippen LogP contribution in [0.25, 0.3) is 11.1 Å². The van der Waals surface area contributed by atoms with Crippen LogP contribution in [0.15, 0.2) is 54.7 Å². The highest BCUT2D eigenvalue weighted by Gasteiger charge is 2.39. The van der Waals surface area contributed by atoms with Crippen LogP contribution >= 0.6 is 0 Å². The number of likely N-dealkylation sites (tertiary alicyclic amines) is 1. The van der Waals surface area contributed by atoms with Gasteiger partial charge in [-0.1, -0.05) is 42.5 Å².